The van der Waals surface area contributed by atoms with E-state index in [4.69, 9.17) is 4.74 Å². The van der Waals surface area contributed by atoms with Gasteiger partial charge in [0.2, 0.25) is 5.91 Å². The Labute approximate surface area is 133 Å². The second-order valence-electron chi connectivity index (χ2n) is 6.39. The molecule has 4 heteroatoms. The number of rotatable bonds is 6. The van der Waals surface area contributed by atoms with E-state index in [0.717, 1.165) is 44.4 Å². The molecular weight excluding hydrogens is 276 g/mol. The minimum absolute atomic E-state index is 0.334. The fraction of sp³-hybridized carbons (Fsp3) is 0.611. The predicted octanol–water partition coefficient (Wildman–Crippen LogP) is 2.53. The van der Waals surface area contributed by atoms with Gasteiger partial charge in [0.05, 0.1) is 6.61 Å². The first-order chi connectivity index (χ1) is 10.7. The summed E-state index contributed by atoms with van der Waals surface area (Å²) in [7, 11) is 0. The van der Waals surface area contributed by atoms with Crippen molar-refractivity contribution in [1.82, 2.24) is 9.80 Å². The van der Waals surface area contributed by atoms with Crippen molar-refractivity contribution in [1.29, 1.82) is 0 Å². The second kappa shape index (κ2) is 7.14. The van der Waals surface area contributed by atoms with Crippen LogP contribution in [0.3, 0.4) is 0 Å². The summed E-state index contributed by atoms with van der Waals surface area (Å²) in [4.78, 5) is 16.6. The largest absolute Gasteiger partial charge is 0.494 e. The Hall–Kier alpha value is -1.55. The maximum absolute atomic E-state index is 12.2. The van der Waals surface area contributed by atoms with Crippen LogP contribution in [0.15, 0.2) is 24.3 Å². The van der Waals surface area contributed by atoms with Crippen LogP contribution in [0, 0.1) is 5.92 Å². The summed E-state index contributed by atoms with van der Waals surface area (Å²) < 4.78 is 5.48. The Bertz CT molecular complexity index is 496. The molecule has 1 amide bonds. The highest BCUT2D eigenvalue weighted by atomic mass is 16.5. The Kier molecular flexibility index (Phi) is 4.98. The highest BCUT2D eigenvalue weighted by Gasteiger charge is 2.28. The fourth-order valence-electron chi connectivity index (χ4n) is 2.99. The molecule has 1 heterocycles. The van der Waals surface area contributed by atoms with E-state index < -0.39 is 0 Å². The van der Waals surface area contributed by atoms with Gasteiger partial charge in [-0.05, 0) is 43.4 Å². The van der Waals surface area contributed by atoms with Crippen LogP contribution in [-0.2, 0) is 11.3 Å². The molecule has 1 aromatic rings. The third kappa shape index (κ3) is 4.23. The molecule has 3 rings (SSSR count). The monoisotopic (exact) mass is 302 g/mol. The highest BCUT2D eigenvalue weighted by Crippen LogP contribution is 2.30. The van der Waals surface area contributed by atoms with Crippen LogP contribution >= 0.6 is 0 Å². The number of amides is 1. The second-order valence-corrected chi connectivity index (χ2v) is 6.39. The summed E-state index contributed by atoms with van der Waals surface area (Å²) in [6.07, 6.45) is 3.27. The Morgan fingerprint density at radius 3 is 2.59 bits per heavy atom. The summed E-state index contributed by atoms with van der Waals surface area (Å²) in [6.45, 7) is 7.32. The van der Waals surface area contributed by atoms with Crippen molar-refractivity contribution >= 4 is 5.91 Å². The molecule has 1 aliphatic heterocycles. The summed E-state index contributed by atoms with van der Waals surface area (Å²) in [5.41, 5.74) is 1.28. The van der Waals surface area contributed by atoms with Gasteiger partial charge < -0.3 is 9.64 Å². The molecule has 0 spiro atoms. The van der Waals surface area contributed by atoms with Gasteiger partial charge in [0, 0.05) is 39.1 Å². The minimum Gasteiger partial charge on any atom is -0.494 e. The van der Waals surface area contributed by atoms with E-state index in [1.54, 1.807) is 0 Å². The third-order valence-corrected chi connectivity index (χ3v) is 4.50. The molecule has 0 aromatic heterocycles. The average Bonchev–Trinajstić information content (AvgIpc) is 3.35. The van der Waals surface area contributed by atoms with Gasteiger partial charge in [0.1, 0.15) is 5.75 Å². The molecular formula is C18H26N2O2. The maximum Gasteiger partial charge on any atom is 0.223 e. The van der Waals surface area contributed by atoms with Crippen molar-refractivity contribution in [3.63, 3.8) is 0 Å². The lowest BCUT2D eigenvalue weighted by Crippen LogP contribution is -2.34. The van der Waals surface area contributed by atoms with Crippen molar-refractivity contribution < 1.29 is 9.53 Å². The van der Waals surface area contributed by atoms with E-state index in [2.05, 4.69) is 21.9 Å². The van der Waals surface area contributed by atoms with Crippen molar-refractivity contribution in [2.24, 2.45) is 5.92 Å². The predicted molar refractivity (Wildman–Crippen MR) is 86.8 cm³/mol. The van der Waals surface area contributed by atoms with Crippen LogP contribution < -0.4 is 4.74 Å². The van der Waals surface area contributed by atoms with Crippen molar-refractivity contribution in [3.8, 4) is 5.75 Å². The molecule has 2 aliphatic rings. The third-order valence-electron chi connectivity index (χ3n) is 4.50. The zero-order chi connectivity index (χ0) is 15.4. The molecule has 1 saturated heterocycles. The normalized spacial score (nSPS) is 20.0. The molecule has 0 radical (unpaired) electrons. The molecule has 120 valence electrons. The molecule has 2 fully saturated rings. The van der Waals surface area contributed by atoms with Crippen LogP contribution in [0.25, 0.3) is 0 Å². The van der Waals surface area contributed by atoms with E-state index in [9.17, 15) is 4.79 Å². The van der Waals surface area contributed by atoms with Crippen molar-refractivity contribution in [2.45, 2.75) is 32.7 Å². The van der Waals surface area contributed by atoms with E-state index in [-0.39, 0.29) is 0 Å². The van der Waals surface area contributed by atoms with E-state index in [1.165, 1.54) is 18.4 Å². The number of ether oxygens (including phenoxy) is 1. The number of carbonyl (C=O) groups excluding carboxylic acids is 1. The molecule has 22 heavy (non-hydrogen) atoms. The molecule has 1 aromatic carbocycles. The lowest BCUT2D eigenvalue weighted by molar-refractivity contribution is -0.130. The van der Waals surface area contributed by atoms with Gasteiger partial charge in [-0.1, -0.05) is 12.1 Å². The maximum atomic E-state index is 12.2. The smallest absolute Gasteiger partial charge is 0.223 e. The van der Waals surface area contributed by atoms with Gasteiger partial charge in [0.15, 0.2) is 0 Å². The summed E-state index contributed by atoms with van der Waals surface area (Å²) in [5.74, 6) is 2.04. The van der Waals surface area contributed by atoms with E-state index in [0.29, 0.717) is 18.9 Å². The van der Waals surface area contributed by atoms with Crippen LogP contribution in [0.2, 0.25) is 0 Å². The quantitative estimate of drug-likeness (QED) is 0.809. The lowest BCUT2D eigenvalue weighted by atomic mass is 10.2. The van der Waals surface area contributed by atoms with E-state index in [1.807, 2.05) is 19.1 Å². The van der Waals surface area contributed by atoms with Gasteiger partial charge in [-0.2, -0.15) is 0 Å². The number of carbonyl (C=O) groups is 1. The fourth-order valence-corrected chi connectivity index (χ4v) is 2.99. The Morgan fingerprint density at radius 1 is 1.14 bits per heavy atom. The zero-order valence-corrected chi connectivity index (χ0v) is 13.5. The zero-order valence-electron chi connectivity index (χ0n) is 13.5. The van der Waals surface area contributed by atoms with Gasteiger partial charge in [0.25, 0.3) is 0 Å². The number of hydrogen-bond acceptors (Lipinski definition) is 3. The molecule has 0 N–H and O–H groups in total. The summed E-state index contributed by atoms with van der Waals surface area (Å²) in [5, 5.41) is 0. The van der Waals surface area contributed by atoms with Crippen LogP contribution in [0.4, 0.5) is 0 Å². The first kappa shape index (κ1) is 15.3. The Balaban J connectivity index is 1.52. The number of benzene rings is 1. The first-order valence-corrected chi connectivity index (χ1v) is 8.46. The Morgan fingerprint density at radius 2 is 1.91 bits per heavy atom. The number of nitrogens with zero attached hydrogens (tertiary/aromatic N) is 2. The molecule has 0 bridgehead atoms. The SMILES string of the molecule is CCOc1ccc(CN2CCC(=O)N(CC3CC3)CC2)cc1. The molecule has 0 atom stereocenters. The summed E-state index contributed by atoms with van der Waals surface area (Å²) in [6, 6.07) is 8.31. The standard InChI is InChI=1S/C18H26N2O2/c1-2-22-17-7-5-15(6-8-17)13-19-10-9-18(21)20(12-11-19)14-16-3-4-16/h5-8,16H,2-4,9-14H2,1H3. The van der Waals surface area contributed by atoms with Crippen molar-refractivity contribution in [2.75, 3.05) is 32.8 Å². The van der Waals surface area contributed by atoms with Gasteiger partial charge >= 0.3 is 0 Å². The van der Waals surface area contributed by atoms with Crippen LogP contribution in [0.1, 0.15) is 31.7 Å². The molecule has 1 aliphatic carbocycles. The van der Waals surface area contributed by atoms with Gasteiger partial charge in [-0.3, -0.25) is 9.69 Å². The van der Waals surface area contributed by atoms with Crippen LogP contribution in [0.5, 0.6) is 5.75 Å². The minimum atomic E-state index is 0.334. The number of hydrogen-bond donors (Lipinski definition) is 0. The molecule has 1 saturated carbocycles. The van der Waals surface area contributed by atoms with Gasteiger partial charge in [-0.25, -0.2) is 0 Å². The highest BCUT2D eigenvalue weighted by molar-refractivity contribution is 5.76. The van der Waals surface area contributed by atoms with E-state index >= 15 is 0 Å². The molecule has 4 nitrogen and oxygen atoms in total. The van der Waals surface area contributed by atoms with Crippen molar-refractivity contribution in [3.05, 3.63) is 29.8 Å². The first-order valence-electron chi connectivity index (χ1n) is 8.46. The van der Waals surface area contributed by atoms with Crippen LogP contribution in [-0.4, -0.2) is 48.5 Å². The van der Waals surface area contributed by atoms with Gasteiger partial charge in [-0.15, -0.1) is 0 Å². The average molecular weight is 302 g/mol. The summed E-state index contributed by atoms with van der Waals surface area (Å²) >= 11 is 0. The topological polar surface area (TPSA) is 32.8 Å². The molecule has 0 unspecified atom stereocenters. The lowest BCUT2D eigenvalue weighted by Gasteiger charge is -2.22.